The number of aliphatic hydroxyl groups is 1. The van der Waals surface area contributed by atoms with Crippen LogP contribution in [-0.2, 0) is 41.5 Å². The Morgan fingerprint density at radius 2 is 1.14 bits per heavy atom. The molecule has 2 aliphatic heterocycles. The molecule has 1 aliphatic carbocycles. The van der Waals surface area contributed by atoms with Gasteiger partial charge in [0.2, 0.25) is 23.6 Å². The van der Waals surface area contributed by atoms with Gasteiger partial charge in [-0.3, -0.25) is 24.1 Å². The monoisotopic (exact) mass is 888 g/mol. The number of nitrogens with one attached hydrogen (secondary N) is 4. The van der Waals surface area contributed by atoms with Gasteiger partial charge in [-0.05, 0) is 68.4 Å². The Hall–Kier alpha value is -3.84. The summed E-state index contributed by atoms with van der Waals surface area (Å²) < 4.78 is 12.1. The van der Waals surface area contributed by atoms with Crippen LogP contribution in [0.4, 0.5) is 0 Å². The van der Waals surface area contributed by atoms with E-state index in [0.717, 1.165) is 49.7 Å². The molecule has 5 N–H and O–H groups in total. The van der Waals surface area contributed by atoms with Gasteiger partial charge in [-0.1, -0.05) is 153 Å². The number of epoxide rings is 1. The highest BCUT2D eigenvalue weighted by atomic mass is 16.6. The van der Waals surface area contributed by atoms with E-state index in [1.165, 1.54) is 38.5 Å². The number of carbonyl (C=O) groups excluding carboxylic acids is 4. The van der Waals surface area contributed by atoms with Crippen molar-refractivity contribution in [3.8, 4) is 0 Å². The Morgan fingerprint density at radius 1 is 0.641 bits per heavy atom. The van der Waals surface area contributed by atoms with Crippen molar-refractivity contribution in [3.05, 3.63) is 71.8 Å². The highest BCUT2D eigenvalue weighted by molar-refractivity contribution is 5.94. The third-order valence-corrected chi connectivity index (χ3v) is 13.6. The van der Waals surface area contributed by atoms with E-state index in [9.17, 15) is 24.3 Å². The van der Waals surface area contributed by atoms with Crippen LogP contribution in [-0.4, -0.2) is 108 Å². The number of hydrogen-bond acceptors (Lipinski definition) is 8. The molecule has 0 aromatic heterocycles. The van der Waals surface area contributed by atoms with E-state index in [0.29, 0.717) is 52.0 Å². The van der Waals surface area contributed by atoms with Crippen molar-refractivity contribution >= 4 is 23.6 Å². The first-order valence-electron chi connectivity index (χ1n) is 24.7. The van der Waals surface area contributed by atoms with Crippen LogP contribution in [0.25, 0.3) is 0 Å². The molecule has 6 atom stereocenters. The Balaban J connectivity index is 1.32. The number of amides is 4. The lowest BCUT2D eigenvalue weighted by molar-refractivity contribution is -0.134. The van der Waals surface area contributed by atoms with Crippen LogP contribution in [0.3, 0.4) is 0 Å². The molecule has 356 valence electrons. The van der Waals surface area contributed by atoms with Gasteiger partial charge >= 0.3 is 0 Å². The molecule has 2 saturated heterocycles. The van der Waals surface area contributed by atoms with E-state index in [-0.39, 0.29) is 30.7 Å². The summed E-state index contributed by atoms with van der Waals surface area (Å²) in [4.78, 5) is 58.7. The van der Waals surface area contributed by atoms with Gasteiger partial charge in [-0.2, -0.15) is 0 Å². The van der Waals surface area contributed by atoms with Gasteiger partial charge in [0.05, 0.1) is 25.8 Å². The summed E-state index contributed by atoms with van der Waals surface area (Å²) in [5, 5.41) is 24.5. The van der Waals surface area contributed by atoms with Gasteiger partial charge < -0.3 is 35.8 Å². The smallest absolute Gasteiger partial charge is 0.243 e. The topological polar surface area (TPSA) is 162 Å². The molecule has 2 aromatic rings. The lowest BCUT2D eigenvalue weighted by atomic mass is 9.78. The number of benzene rings is 2. The lowest BCUT2D eigenvalue weighted by Gasteiger charge is -2.32. The van der Waals surface area contributed by atoms with Crippen LogP contribution >= 0.6 is 0 Å². The minimum absolute atomic E-state index is 0.0218. The first-order valence-corrected chi connectivity index (χ1v) is 24.7. The summed E-state index contributed by atoms with van der Waals surface area (Å²) in [6.45, 7) is 12.6. The molecular formula is C52H81N5O7. The summed E-state index contributed by atoms with van der Waals surface area (Å²) in [5.41, 5.74) is 0.655. The van der Waals surface area contributed by atoms with Crippen LogP contribution in [0.15, 0.2) is 60.7 Å². The zero-order chi connectivity index (χ0) is 46.0. The van der Waals surface area contributed by atoms with Gasteiger partial charge in [-0.25, -0.2) is 0 Å². The van der Waals surface area contributed by atoms with Crippen LogP contribution in [0.1, 0.15) is 142 Å². The van der Waals surface area contributed by atoms with Crippen molar-refractivity contribution in [2.24, 2.45) is 11.8 Å². The maximum Gasteiger partial charge on any atom is 0.243 e. The average molecular weight is 888 g/mol. The van der Waals surface area contributed by atoms with Gasteiger partial charge in [0.1, 0.15) is 35.4 Å². The molecule has 3 aliphatic rings. The van der Waals surface area contributed by atoms with E-state index in [4.69, 9.17) is 9.47 Å². The van der Waals surface area contributed by atoms with Crippen LogP contribution in [0.5, 0.6) is 0 Å². The summed E-state index contributed by atoms with van der Waals surface area (Å²) >= 11 is 0. The minimum Gasteiger partial charge on any atom is -0.388 e. The van der Waals surface area contributed by atoms with Crippen molar-refractivity contribution in [2.45, 2.75) is 185 Å². The second-order valence-electron chi connectivity index (χ2n) is 19.9. The van der Waals surface area contributed by atoms with Gasteiger partial charge in [0.15, 0.2) is 0 Å². The highest BCUT2D eigenvalue weighted by Crippen LogP contribution is 2.57. The molecule has 12 nitrogen and oxygen atoms in total. The maximum atomic E-state index is 14.6. The molecule has 3 fully saturated rings. The number of rotatable bonds is 20. The van der Waals surface area contributed by atoms with E-state index in [1.54, 1.807) is 0 Å². The first kappa shape index (κ1) is 51.1. The number of aryl methyl sites for hydroxylation is 1. The Bertz CT molecular complexity index is 1710. The van der Waals surface area contributed by atoms with E-state index >= 15 is 0 Å². The highest BCUT2D eigenvalue weighted by Gasteiger charge is 2.70. The standard InChI is InChI=1S/C52H81N5O7/c1-38(2)34-43(47(59)51(5)52(64-51)28-20-12-10-8-6-7-9-11-13-21-29-52)54-50(62)45(36-41-24-18-15-19-25-41)56-49(61)44(35-39(3)4)55-48(60)42(27-26-40-22-16-14-17-23-40)53-46(58)37-57-30-32-63-33-31-57/h14-19,22-25,38-39,42-45,47,59H,6-13,20-21,26-37H2,1-5H3,(H,53,58)(H,54,62)(H,55,60)(H,56,61)/t42-,43-,44-,45-,47?,51-/m0/s1. The normalized spacial score (nSPS) is 22.1. The SMILES string of the molecule is CC(C)C[C@H](NC(=O)[C@H](CCc1ccccc1)NC(=O)CN1CCOCC1)C(=O)N[C@@H](Cc1ccccc1)C(=O)N[C@@H](CC(C)C)C(O)[C@]1(C)OC12CCCCCCCCCCCC2. The fraction of sp³-hybridized carbons (Fsp3) is 0.692. The van der Waals surface area contributed by atoms with Crippen molar-refractivity contribution in [1.82, 2.24) is 26.2 Å². The summed E-state index contributed by atoms with van der Waals surface area (Å²) in [6, 6.07) is 15.9. The van der Waals surface area contributed by atoms with Crippen LogP contribution < -0.4 is 21.3 Å². The largest absolute Gasteiger partial charge is 0.388 e. The van der Waals surface area contributed by atoms with E-state index in [1.807, 2.05) is 86.3 Å². The number of morpholine rings is 1. The molecule has 1 spiro atoms. The number of carbonyl (C=O) groups is 4. The predicted octanol–water partition coefficient (Wildman–Crippen LogP) is 6.81. The number of hydrogen-bond donors (Lipinski definition) is 5. The lowest BCUT2D eigenvalue weighted by Crippen LogP contribution is -2.60. The fourth-order valence-corrected chi connectivity index (χ4v) is 9.84. The van der Waals surface area contributed by atoms with Crippen LogP contribution in [0, 0.1) is 11.8 Å². The molecule has 1 unspecified atom stereocenters. The molecule has 12 heteroatoms. The molecule has 1 saturated carbocycles. The van der Waals surface area contributed by atoms with E-state index < -0.39 is 59.2 Å². The zero-order valence-corrected chi connectivity index (χ0v) is 39.7. The first-order chi connectivity index (χ1) is 30.8. The minimum atomic E-state index is -1.00. The Labute approximate surface area is 384 Å². The van der Waals surface area contributed by atoms with Crippen molar-refractivity contribution in [1.29, 1.82) is 0 Å². The van der Waals surface area contributed by atoms with Crippen molar-refractivity contribution in [3.63, 3.8) is 0 Å². The molecule has 2 aromatic carbocycles. The number of ether oxygens (including phenoxy) is 2. The summed E-state index contributed by atoms with van der Waals surface area (Å²) in [6.07, 6.45) is 14.8. The summed E-state index contributed by atoms with van der Waals surface area (Å²) in [5.74, 6) is -1.42. The third-order valence-electron chi connectivity index (χ3n) is 13.6. The third kappa shape index (κ3) is 15.9. The Kier molecular flexibility index (Phi) is 20.6. The van der Waals surface area contributed by atoms with Crippen molar-refractivity contribution in [2.75, 3.05) is 32.8 Å². The molecule has 2 heterocycles. The fourth-order valence-electron chi connectivity index (χ4n) is 9.84. The Morgan fingerprint density at radius 3 is 1.70 bits per heavy atom. The maximum absolute atomic E-state index is 14.6. The average Bonchev–Trinajstić information content (AvgIpc) is 3.87. The number of aliphatic hydroxyl groups excluding tert-OH is 1. The predicted molar refractivity (Wildman–Crippen MR) is 252 cm³/mol. The second-order valence-corrected chi connectivity index (χ2v) is 19.9. The van der Waals surface area contributed by atoms with Crippen molar-refractivity contribution < 1.29 is 33.8 Å². The zero-order valence-electron chi connectivity index (χ0n) is 39.7. The second kappa shape index (κ2) is 25.7. The van der Waals surface area contributed by atoms with Crippen LogP contribution in [0.2, 0.25) is 0 Å². The molecule has 4 amide bonds. The molecule has 0 bridgehead atoms. The molecular weight excluding hydrogens is 807 g/mol. The van der Waals surface area contributed by atoms with Gasteiger partial charge in [0, 0.05) is 19.5 Å². The molecule has 5 rings (SSSR count). The van der Waals surface area contributed by atoms with Gasteiger partial charge in [-0.15, -0.1) is 0 Å². The quantitative estimate of drug-likeness (QED) is 0.0907. The van der Waals surface area contributed by atoms with Gasteiger partial charge in [0.25, 0.3) is 0 Å². The number of nitrogens with zero attached hydrogens (tertiary/aromatic N) is 1. The van der Waals surface area contributed by atoms with E-state index in [2.05, 4.69) is 35.1 Å². The molecule has 0 radical (unpaired) electrons. The summed E-state index contributed by atoms with van der Waals surface area (Å²) in [7, 11) is 0. The molecule has 64 heavy (non-hydrogen) atoms.